The molecule has 1 aromatic rings. The van der Waals surface area contributed by atoms with Crippen molar-refractivity contribution in [1.82, 2.24) is 0 Å². The number of ether oxygens (including phenoxy) is 1. The highest BCUT2D eigenvalue weighted by Crippen LogP contribution is 2.35. The summed E-state index contributed by atoms with van der Waals surface area (Å²) < 4.78 is 5.47. The molecule has 1 aliphatic rings. The molecule has 2 nitrogen and oxygen atoms in total. The van der Waals surface area contributed by atoms with Gasteiger partial charge in [0.25, 0.3) is 0 Å². The van der Waals surface area contributed by atoms with E-state index in [1.54, 1.807) is 12.1 Å². The molecule has 0 N–H and O–H groups in total. The van der Waals surface area contributed by atoms with Gasteiger partial charge < -0.3 is 4.74 Å². The molecule has 0 radical (unpaired) electrons. The number of hydrogen-bond acceptors (Lipinski definition) is 2. The van der Waals surface area contributed by atoms with Crippen LogP contribution in [0.5, 0.6) is 5.75 Å². The van der Waals surface area contributed by atoms with Crippen LogP contribution in [-0.4, -0.2) is 11.9 Å². The molecule has 4 heteroatoms. The van der Waals surface area contributed by atoms with E-state index in [9.17, 15) is 4.79 Å². The zero-order valence-corrected chi connectivity index (χ0v) is 9.02. The normalized spacial score (nSPS) is 20.2. The van der Waals surface area contributed by atoms with Crippen LogP contribution in [0.15, 0.2) is 12.1 Å². The molecular weight excluding hydrogens is 223 g/mol. The lowest BCUT2D eigenvalue weighted by atomic mass is 10.0. The second kappa shape index (κ2) is 3.44. The maximum absolute atomic E-state index is 11.6. The van der Waals surface area contributed by atoms with E-state index in [0.29, 0.717) is 27.8 Å². The highest BCUT2D eigenvalue weighted by atomic mass is 35.5. The van der Waals surface area contributed by atoms with E-state index in [4.69, 9.17) is 27.9 Å². The number of ketones is 1. The number of rotatable bonds is 0. The summed E-state index contributed by atoms with van der Waals surface area (Å²) >= 11 is 11.7. The Balaban J connectivity index is 2.59. The zero-order valence-electron chi connectivity index (χ0n) is 7.51. The summed E-state index contributed by atoms with van der Waals surface area (Å²) in [6.07, 6.45) is 0.262. The molecule has 0 fully saturated rings. The Morgan fingerprint density at radius 1 is 1.43 bits per heavy atom. The molecule has 0 aliphatic carbocycles. The van der Waals surface area contributed by atoms with Gasteiger partial charge in [0.2, 0.25) is 0 Å². The van der Waals surface area contributed by atoms with Crippen molar-refractivity contribution in [3.8, 4) is 5.75 Å². The van der Waals surface area contributed by atoms with Crippen molar-refractivity contribution >= 4 is 29.0 Å². The number of hydrogen-bond donors (Lipinski definition) is 0. The van der Waals surface area contributed by atoms with Gasteiger partial charge in [0.15, 0.2) is 5.78 Å². The molecule has 0 bridgehead atoms. The van der Waals surface area contributed by atoms with Gasteiger partial charge in [-0.2, -0.15) is 0 Å². The first kappa shape index (κ1) is 9.81. The third kappa shape index (κ3) is 1.60. The van der Waals surface area contributed by atoms with E-state index in [1.165, 1.54) is 0 Å². The van der Waals surface area contributed by atoms with Crippen LogP contribution in [0.1, 0.15) is 23.7 Å². The average Bonchev–Trinajstić information content (AvgIpc) is 1.99. The molecule has 0 saturated heterocycles. The van der Waals surface area contributed by atoms with Gasteiger partial charge in [-0.1, -0.05) is 23.2 Å². The Morgan fingerprint density at radius 3 is 2.86 bits per heavy atom. The van der Waals surface area contributed by atoms with Crippen LogP contribution in [0.4, 0.5) is 0 Å². The Kier molecular flexibility index (Phi) is 2.41. The summed E-state index contributed by atoms with van der Waals surface area (Å²) in [6.45, 7) is 1.84. The second-order valence-electron chi connectivity index (χ2n) is 3.32. The number of carbonyl (C=O) groups excluding carboxylic acids is 1. The number of benzene rings is 1. The van der Waals surface area contributed by atoms with Crippen LogP contribution in [0, 0.1) is 0 Å². The molecule has 0 spiro atoms. The summed E-state index contributed by atoms with van der Waals surface area (Å²) in [7, 11) is 0. The molecule has 14 heavy (non-hydrogen) atoms. The van der Waals surface area contributed by atoms with Gasteiger partial charge in [-0.05, 0) is 19.1 Å². The smallest absolute Gasteiger partial charge is 0.171 e. The summed E-state index contributed by atoms with van der Waals surface area (Å²) in [5.74, 6) is 0.506. The van der Waals surface area contributed by atoms with Crippen molar-refractivity contribution < 1.29 is 9.53 Å². The standard InChI is InChI=1S/C10H8Cl2O2/c1-5-2-8(13)10-7(12)3-6(11)4-9(10)14-5/h3-5H,2H2,1H3. The molecule has 74 valence electrons. The molecular formula is C10H8Cl2O2. The number of halogens is 2. The van der Waals surface area contributed by atoms with Crippen LogP contribution in [0.3, 0.4) is 0 Å². The summed E-state index contributed by atoms with van der Waals surface area (Å²) in [6, 6.07) is 3.18. The van der Waals surface area contributed by atoms with Gasteiger partial charge in [-0.15, -0.1) is 0 Å². The third-order valence-electron chi connectivity index (χ3n) is 2.10. The van der Waals surface area contributed by atoms with E-state index in [0.717, 1.165) is 0 Å². The van der Waals surface area contributed by atoms with Crippen LogP contribution in [0.25, 0.3) is 0 Å². The van der Waals surface area contributed by atoms with Crippen LogP contribution in [-0.2, 0) is 0 Å². The minimum Gasteiger partial charge on any atom is -0.489 e. The molecule has 0 aromatic heterocycles. The van der Waals surface area contributed by atoms with Crippen molar-refractivity contribution in [2.75, 3.05) is 0 Å². The number of fused-ring (bicyclic) bond motifs is 1. The quantitative estimate of drug-likeness (QED) is 0.684. The van der Waals surface area contributed by atoms with Crippen LogP contribution >= 0.6 is 23.2 Å². The van der Waals surface area contributed by atoms with Gasteiger partial charge in [-0.25, -0.2) is 0 Å². The fourth-order valence-corrected chi connectivity index (χ4v) is 2.12. The number of Topliss-reactive ketones (excluding diaryl/α,β-unsaturated/α-hetero) is 1. The third-order valence-corrected chi connectivity index (χ3v) is 2.61. The first-order chi connectivity index (χ1) is 6.58. The summed E-state index contributed by atoms with van der Waals surface area (Å²) in [5, 5.41) is 0.847. The van der Waals surface area contributed by atoms with Crippen molar-refractivity contribution in [2.24, 2.45) is 0 Å². The Hall–Kier alpha value is -0.730. The van der Waals surface area contributed by atoms with Gasteiger partial charge >= 0.3 is 0 Å². The zero-order chi connectivity index (χ0) is 10.3. The summed E-state index contributed by atoms with van der Waals surface area (Å²) in [5.41, 5.74) is 0.453. The molecule has 1 aromatic carbocycles. The molecule has 0 amide bonds. The maximum atomic E-state index is 11.6. The highest BCUT2D eigenvalue weighted by molar-refractivity contribution is 6.37. The van der Waals surface area contributed by atoms with E-state index >= 15 is 0 Å². The van der Waals surface area contributed by atoms with Crippen LogP contribution < -0.4 is 4.74 Å². The predicted octanol–water partition coefficient (Wildman–Crippen LogP) is 3.35. The fourth-order valence-electron chi connectivity index (χ4n) is 1.54. The second-order valence-corrected chi connectivity index (χ2v) is 4.16. The predicted molar refractivity (Wildman–Crippen MR) is 55.5 cm³/mol. The Labute approximate surface area is 91.8 Å². The summed E-state index contributed by atoms with van der Waals surface area (Å²) in [4.78, 5) is 11.6. The lowest BCUT2D eigenvalue weighted by Gasteiger charge is -2.23. The first-order valence-corrected chi connectivity index (χ1v) is 5.02. The SMILES string of the molecule is CC1CC(=O)c2c(Cl)cc(Cl)cc2O1. The van der Waals surface area contributed by atoms with Gasteiger partial charge in [0, 0.05) is 11.4 Å². The molecule has 1 aliphatic heterocycles. The van der Waals surface area contributed by atoms with E-state index in [2.05, 4.69) is 0 Å². The van der Waals surface area contributed by atoms with E-state index in [-0.39, 0.29) is 11.9 Å². The van der Waals surface area contributed by atoms with E-state index in [1.807, 2.05) is 6.92 Å². The van der Waals surface area contributed by atoms with Crippen molar-refractivity contribution in [3.05, 3.63) is 27.7 Å². The van der Waals surface area contributed by atoms with E-state index < -0.39 is 0 Å². The maximum Gasteiger partial charge on any atom is 0.171 e. The minimum atomic E-state index is -0.107. The first-order valence-electron chi connectivity index (χ1n) is 4.27. The monoisotopic (exact) mass is 230 g/mol. The van der Waals surface area contributed by atoms with Gasteiger partial charge in [0.05, 0.1) is 10.6 Å². The number of carbonyl (C=O) groups is 1. The lowest BCUT2D eigenvalue weighted by molar-refractivity contribution is 0.0871. The minimum absolute atomic E-state index is 0.0143. The van der Waals surface area contributed by atoms with Crippen molar-refractivity contribution in [3.63, 3.8) is 0 Å². The van der Waals surface area contributed by atoms with Crippen LogP contribution in [0.2, 0.25) is 10.0 Å². The molecule has 2 rings (SSSR count). The van der Waals surface area contributed by atoms with Crippen molar-refractivity contribution in [2.45, 2.75) is 19.4 Å². The van der Waals surface area contributed by atoms with Crippen molar-refractivity contribution in [1.29, 1.82) is 0 Å². The topological polar surface area (TPSA) is 26.3 Å². The molecule has 1 atom stereocenters. The molecule has 1 heterocycles. The largest absolute Gasteiger partial charge is 0.489 e. The highest BCUT2D eigenvalue weighted by Gasteiger charge is 2.26. The fraction of sp³-hybridized carbons (Fsp3) is 0.300. The van der Waals surface area contributed by atoms with Gasteiger partial charge in [-0.3, -0.25) is 4.79 Å². The Bertz CT molecular complexity index is 401. The molecule has 0 saturated carbocycles. The Morgan fingerprint density at radius 2 is 2.14 bits per heavy atom. The van der Waals surface area contributed by atoms with Gasteiger partial charge in [0.1, 0.15) is 11.9 Å². The average molecular weight is 231 g/mol. The molecule has 1 unspecified atom stereocenters. The lowest BCUT2D eigenvalue weighted by Crippen LogP contribution is -2.24.